The molecule has 0 saturated carbocycles. The van der Waals surface area contributed by atoms with Crippen LogP contribution >= 0.6 is 0 Å². The van der Waals surface area contributed by atoms with Crippen LogP contribution in [0.1, 0.15) is 29.9 Å². The Morgan fingerprint density at radius 1 is 1.19 bits per heavy atom. The largest absolute Gasteiger partial charge is 0.416 e. The zero-order chi connectivity index (χ0) is 11.6. The first-order chi connectivity index (χ1) is 7.59. The normalized spacial score (nSPS) is 22.1. The molecule has 1 aliphatic rings. The number of rotatable bonds is 1. The lowest BCUT2D eigenvalue weighted by Crippen LogP contribution is -2.29. The van der Waals surface area contributed by atoms with Gasteiger partial charge in [-0.25, -0.2) is 0 Å². The molecule has 1 saturated heterocycles. The first kappa shape index (κ1) is 11.5. The molecule has 88 valence electrons. The fourth-order valence-corrected chi connectivity index (χ4v) is 2.23. The molecule has 0 amide bonds. The zero-order valence-electron chi connectivity index (χ0n) is 8.85. The van der Waals surface area contributed by atoms with Crippen LogP contribution in [0.2, 0.25) is 0 Å². The molecule has 0 unspecified atom stereocenters. The van der Waals surface area contributed by atoms with Gasteiger partial charge in [0.2, 0.25) is 0 Å². The second-order valence-corrected chi connectivity index (χ2v) is 4.13. The SMILES string of the molecule is FC(F)(F)c1ccccc1[C@@H]1CCCNC1. The van der Waals surface area contributed by atoms with Gasteiger partial charge in [-0.05, 0) is 36.9 Å². The topological polar surface area (TPSA) is 12.0 Å². The van der Waals surface area contributed by atoms with Crippen molar-refractivity contribution in [2.45, 2.75) is 24.9 Å². The Hall–Kier alpha value is -1.03. The van der Waals surface area contributed by atoms with Crippen LogP contribution < -0.4 is 5.32 Å². The van der Waals surface area contributed by atoms with E-state index in [1.165, 1.54) is 12.1 Å². The van der Waals surface area contributed by atoms with Crippen molar-refractivity contribution in [1.29, 1.82) is 0 Å². The molecule has 0 radical (unpaired) electrons. The number of halogens is 3. The maximum atomic E-state index is 12.8. The van der Waals surface area contributed by atoms with Crippen LogP contribution in [0.25, 0.3) is 0 Å². The summed E-state index contributed by atoms with van der Waals surface area (Å²) in [5.41, 5.74) is -0.0501. The van der Waals surface area contributed by atoms with Gasteiger partial charge in [-0.15, -0.1) is 0 Å². The van der Waals surface area contributed by atoms with Crippen LogP contribution in [0.3, 0.4) is 0 Å². The third kappa shape index (κ3) is 2.38. The summed E-state index contributed by atoms with van der Waals surface area (Å²) in [6.45, 7) is 1.55. The molecule has 16 heavy (non-hydrogen) atoms. The van der Waals surface area contributed by atoms with Crippen molar-refractivity contribution in [3.05, 3.63) is 35.4 Å². The van der Waals surface area contributed by atoms with E-state index in [0.29, 0.717) is 12.1 Å². The van der Waals surface area contributed by atoms with E-state index in [-0.39, 0.29) is 5.92 Å². The maximum Gasteiger partial charge on any atom is 0.416 e. The second kappa shape index (κ2) is 4.45. The number of alkyl halides is 3. The van der Waals surface area contributed by atoms with Gasteiger partial charge in [0.15, 0.2) is 0 Å². The molecule has 2 rings (SSSR count). The van der Waals surface area contributed by atoms with Gasteiger partial charge in [-0.3, -0.25) is 0 Å². The minimum Gasteiger partial charge on any atom is -0.316 e. The lowest BCUT2D eigenvalue weighted by atomic mass is 9.88. The fraction of sp³-hybridized carbons (Fsp3) is 0.500. The Morgan fingerprint density at radius 2 is 1.94 bits per heavy atom. The van der Waals surface area contributed by atoms with E-state index in [2.05, 4.69) is 5.32 Å². The van der Waals surface area contributed by atoms with Gasteiger partial charge in [0, 0.05) is 6.54 Å². The smallest absolute Gasteiger partial charge is 0.316 e. The van der Waals surface area contributed by atoms with Crippen LogP contribution in [-0.4, -0.2) is 13.1 Å². The third-order valence-electron chi connectivity index (χ3n) is 3.00. The minimum absolute atomic E-state index is 0.00780. The zero-order valence-corrected chi connectivity index (χ0v) is 8.85. The average molecular weight is 229 g/mol. The Kier molecular flexibility index (Phi) is 3.19. The summed E-state index contributed by atoms with van der Waals surface area (Å²) >= 11 is 0. The van der Waals surface area contributed by atoms with Crippen molar-refractivity contribution in [3.63, 3.8) is 0 Å². The number of benzene rings is 1. The van der Waals surface area contributed by atoms with Crippen molar-refractivity contribution < 1.29 is 13.2 Å². The molecule has 1 aliphatic heterocycles. The summed E-state index contributed by atoms with van der Waals surface area (Å²) in [6.07, 6.45) is -2.47. The number of hydrogen-bond donors (Lipinski definition) is 1. The standard InChI is InChI=1S/C12H14F3N/c13-12(14,15)11-6-2-1-5-10(11)9-4-3-7-16-8-9/h1-2,5-6,9,16H,3-4,7-8H2/t9-/m1/s1. The molecular formula is C12H14F3N. The van der Waals surface area contributed by atoms with Crippen LogP contribution in [0.5, 0.6) is 0 Å². The lowest BCUT2D eigenvalue weighted by molar-refractivity contribution is -0.138. The molecule has 1 aromatic carbocycles. The van der Waals surface area contributed by atoms with Gasteiger partial charge in [-0.1, -0.05) is 18.2 Å². The van der Waals surface area contributed by atoms with Crippen LogP contribution in [0.4, 0.5) is 13.2 Å². The Bertz CT molecular complexity index is 354. The van der Waals surface area contributed by atoms with Crippen molar-refractivity contribution in [3.8, 4) is 0 Å². The fourth-order valence-electron chi connectivity index (χ4n) is 2.23. The highest BCUT2D eigenvalue weighted by Crippen LogP contribution is 2.36. The van der Waals surface area contributed by atoms with Gasteiger partial charge in [-0.2, -0.15) is 13.2 Å². The van der Waals surface area contributed by atoms with Gasteiger partial charge < -0.3 is 5.32 Å². The first-order valence-corrected chi connectivity index (χ1v) is 5.46. The number of nitrogens with one attached hydrogen (secondary N) is 1. The van der Waals surface area contributed by atoms with Crippen LogP contribution in [-0.2, 0) is 6.18 Å². The highest BCUT2D eigenvalue weighted by molar-refractivity contribution is 5.33. The Balaban J connectivity index is 2.32. The van der Waals surface area contributed by atoms with Gasteiger partial charge in [0.25, 0.3) is 0 Å². The maximum absolute atomic E-state index is 12.8. The highest BCUT2D eigenvalue weighted by atomic mass is 19.4. The van der Waals surface area contributed by atoms with E-state index in [9.17, 15) is 13.2 Å². The molecule has 0 bridgehead atoms. The Labute approximate surface area is 92.7 Å². The molecule has 1 heterocycles. The molecule has 0 aromatic heterocycles. The first-order valence-electron chi connectivity index (χ1n) is 5.46. The second-order valence-electron chi connectivity index (χ2n) is 4.13. The molecule has 1 fully saturated rings. The van der Waals surface area contributed by atoms with Gasteiger partial charge in [0.05, 0.1) is 5.56 Å². The van der Waals surface area contributed by atoms with Crippen molar-refractivity contribution in [2.75, 3.05) is 13.1 Å². The molecule has 1 aromatic rings. The molecule has 1 atom stereocenters. The van der Waals surface area contributed by atoms with Crippen molar-refractivity contribution in [2.24, 2.45) is 0 Å². The summed E-state index contributed by atoms with van der Waals surface area (Å²) in [7, 11) is 0. The molecular weight excluding hydrogens is 215 g/mol. The number of piperidine rings is 1. The summed E-state index contributed by atoms with van der Waals surface area (Å²) < 4.78 is 38.3. The lowest BCUT2D eigenvalue weighted by Gasteiger charge is -2.25. The highest BCUT2D eigenvalue weighted by Gasteiger charge is 2.34. The molecule has 1 N–H and O–H groups in total. The van der Waals surface area contributed by atoms with Crippen molar-refractivity contribution >= 4 is 0 Å². The van der Waals surface area contributed by atoms with Gasteiger partial charge >= 0.3 is 6.18 Å². The van der Waals surface area contributed by atoms with E-state index in [4.69, 9.17) is 0 Å². The van der Waals surface area contributed by atoms with Crippen LogP contribution in [0, 0.1) is 0 Å². The predicted octanol–water partition coefficient (Wildman–Crippen LogP) is 3.17. The van der Waals surface area contributed by atoms with Gasteiger partial charge in [0.1, 0.15) is 0 Å². The summed E-state index contributed by atoms with van der Waals surface area (Å²) in [4.78, 5) is 0. The molecule has 0 aliphatic carbocycles. The van der Waals surface area contributed by atoms with E-state index >= 15 is 0 Å². The quantitative estimate of drug-likeness (QED) is 0.780. The summed E-state index contributed by atoms with van der Waals surface area (Å²) in [5.74, 6) is -0.00780. The molecule has 0 spiro atoms. The van der Waals surface area contributed by atoms with Crippen LogP contribution in [0.15, 0.2) is 24.3 Å². The predicted molar refractivity (Wildman–Crippen MR) is 56.3 cm³/mol. The third-order valence-corrected chi connectivity index (χ3v) is 3.00. The summed E-state index contributed by atoms with van der Waals surface area (Å²) in [6, 6.07) is 5.90. The van der Waals surface area contributed by atoms with E-state index < -0.39 is 11.7 Å². The molecule has 1 nitrogen and oxygen atoms in total. The van der Waals surface area contributed by atoms with E-state index in [1.54, 1.807) is 12.1 Å². The van der Waals surface area contributed by atoms with Crippen molar-refractivity contribution in [1.82, 2.24) is 5.32 Å². The molecule has 4 heteroatoms. The minimum atomic E-state index is -4.24. The van der Waals surface area contributed by atoms with E-state index in [0.717, 1.165) is 19.4 Å². The number of hydrogen-bond acceptors (Lipinski definition) is 1. The van der Waals surface area contributed by atoms with E-state index in [1.807, 2.05) is 0 Å². The monoisotopic (exact) mass is 229 g/mol. The average Bonchev–Trinajstić information content (AvgIpc) is 2.29. The Morgan fingerprint density at radius 3 is 2.56 bits per heavy atom. The summed E-state index contributed by atoms with van der Waals surface area (Å²) in [5, 5.41) is 3.14.